The van der Waals surface area contributed by atoms with Crippen molar-refractivity contribution in [2.24, 2.45) is 0 Å². The molecule has 2 rings (SSSR count). The molecule has 0 unspecified atom stereocenters. The number of hydrogen-bond acceptors (Lipinski definition) is 5. The van der Waals surface area contributed by atoms with Gasteiger partial charge in [0, 0.05) is 0 Å². The molecular weight excluding hydrogens is 330 g/mol. The summed E-state index contributed by atoms with van der Waals surface area (Å²) in [5.74, 6) is 0.00676. The normalized spacial score (nSPS) is 12.2. The average molecular weight is 351 g/mol. The summed E-state index contributed by atoms with van der Waals surface area (Å²) in [6.45, 7) is 4.73. The number of fused-ring (bicyclic) bond motifs is 1. The first kappa shape index (κ1) is 18.2. The van der Waals surface area contributed by atoms with Crippen molar-refractivity contribution in [1.82, 2.24) is 4.72 Å². The second-order valence-corrected chi connectivity index (χ2v) is 8.05. The van der Waals surface area contributed by atoms with Crippen molar-refractivity contribution in [3.8, 4) is 5.75 Å². The monoisotopic (exact) mass is 351 g/mol. The summed E-state index contributed by atoms with van der Waals surface area (Å²) in [5.41, 5.74) is -0.665. The Morgan fingerprint density at radius 1 is 1.08 bits per heavy atom. The van der Waals surface area contributed by atoms with Gasteiger partial charge in [-0.3, -0.25) is 4.79 Å². The van der Waals surface area contributed by atoms with Crippen LogP contribution in [0.4, 0.5) is 0 Å². The minimum Gasteiger partial charge on any atom is -0.497 e. The lowest BCUT2D eigenvalue weighted by Gasteiger charge is -2.19. The number of nitrogens with one attached hydrogen (secondary N) is 1. The number of methoxy groups -OCH3 is 1. The smallest absolute Gasteiger partial charge is 0.321 e. The van der Waals surface area contributed by atoms with E-state index >= 15 is 0 Å². The lowest BCUT2D eigenvalue weighted by Crippen LogP contribution is -2.34. The van der Waals surface area contributed by atoms with Crippen LogP contribution in [0.15, 0.2) is 41.3 Å². The van der Waals surface area contributed by atoms with Gasteiger partial charge in [0.05, 0.1) is 12.0 Å². The maximum Gasteiger partial charge on any atom is 0.321 e. The van der Waals surface area contributed by atoms with E-state index < -0.39 is 28.1 Å². The second kappa shape index (κ2) is 6.78. The molecule has 1 N–H and O–H groups in total. The van der Waals surface area contributed by atoms with Gasteiger partial charge in [-0.2, -0.15) is 4.72 Å². The molecule has 0 heterocycles. The van der Waals surface area contributed by atoms with Gasteiger partial charge in [0.1, 0.15) is 17.9 Å². The summed E-state index contributed by atoms with van der Waals surface area (Å²) in [6, 6.07) is 10.1. The van der Waals surface area contributed by atoms with E-state index in [1.807, 2.05) is 6.07 Å². The molecule has 130 valence electrons. The van der Waals surface area contributed by atoms with Gasteiger partial charge in [-0.25, -0.2) is 8.42 Å². The minimum absolute atomic E-state index is 0.0758. The number of carbonyl (C=O) groups excluding carboxylic acids is 1. The molecule has 0 aliphatic rings. The number of carbonyl (C=O) groups is 1. The van der Waals surface area contributed by atoms with Crippen molar-refractivity contribution in [2.45, 2.75) is 31.3 Å². The van der Waals surface area contributed by atoms with Gasteiger partial charge in [-0.05, 0) is 55.8 Å². The predicted molar refractivity (Wildman–Crippen MR) is 91.5 cm³/mol. The van der Waals surface area contributed by atoms with Gasteiger partial charge in [-0.15, -0.1) is 0 Å². The van der Waals surface area contributed by atoms with Crippen LogP contribution in [0, 0.1) is 0 Å². The van der Waals surface area contributed by atoms with Crippen LogP contribution < -0.4 is 9.46 Å². The van der Waals surface area contributed by atoms with Crippen LogP contribution in [0.2, 0.25) is 0 Å². The van der Waals surface area contributed by atoms with E-state index in [4.69, 9.17) is 9.47 Å². The summed E-state index contributed by atoms with van der Waals surface area (Å²) >= 11 is 0. The molecule has 7 heteroatoms. The second-order valence-electron chi connectivity index (χ2n) is 6.29. The first-order chi connectivity index (χ1) is 11.1. The predicted octanol–water partition coefficient (Wildman–Crippen LogP) is 2.47. The number of rotatable bonds is 5. The zero-order valence-corrected chi connectivity index (χ0v) is 14.9. The third-order valence-electron chi connectivity index (χ3n) is 3.16. The molecule has 0 radical (unpaired) electrons. The molecule has 2 aromatic carbocycles. The van der Waals surface area contributed by atoms with E-state index in [0.717, 1.165) is 10.8 Å². The summed E-state index contributed by atoms with van der Waals surface area (Å²) in [7, 11) is -2.27. The lowest BCUT2D eigenvalue weighted by molar-refractivity contribution is -0.153. The largest absolute Gasteiger partial charge is 0.497 e. The summed E-state index contributed by atoms with van der Waals surface area (Å²) in [6.07, 6.45) is 0. The molecule has 0 fully saturated rings. The Kier molecular flexibility index (Phi) is 5.15. The van der Waals surface area contributed by atoms with Gasteiger partial charge in [0.2, 0.25) is 10.0 Å². The molecule has 0 aliphatic carbocycles. The molecular formula is C17H21NO5S. The van der Waals surface area contributed by atoms with E-state index in [1.54, 1.807) is 46.1 Å². The van der Waals surface area contributed by atoms with E-state index in [1.165, 1.54) is 12.1 Å². The zero-order valence-electron chi connectivity index (χ0n) is 14.1. The van der Waals surface area contributed by atoms with Crippen molar-refractivity contribution in [2.75, 3.05) is 13.7 Å². The molecule has 0 aromatic heterocycles. The minimum atomic E-state index is -3.81. The quantitative estimate of drug-likeness (QED) is 0.837. The number of sulfonamides is 1. The topological polar surface area (TPSA) is 81.7 Å². The molecule has 0 atom stereocenters. The van der Waals surface area contributed by atoms with Crippen LogP contribution in [0.1, 0.15) is 20.8 Å². The maximum atomic E-state index is 12.4. The summed E-state index contributed by atoms with van der Waals surface area (Å²) < 4.78 is 37.2. The van der Waals surface area contributed by atoms with E-state index in [9.17, 15) is 13.2 Å². The lowest BCUT2D eigenvalue weighted by atomic mass is 10.1. The molecule has 0 saturated heterocycles. The highest BCUT2D eigenvalue weighted by atomic mass is 32.2. The average Bonchev–Trinajstić information content (AvgIpc) is 2.50. The van der Waals surface area contributed by atoms with Gasteiger partial charge < -0.3 is 9.47 Å². The molecule has 0 bridgehead atoms. The highest BCUT2D eigenvalue weighted by molar-refractivity contribution is 7.89. The first-order valence-corrected chi connectivity index (χ1v) is 8.88. The Morgan fingerprint density at radius 3 is 2.38 bits per heavy atom. The Morgan fingerprint density at radius 2 is 1.75 bits per heavy atom. The van der Waals surface area contributed by atoms with Crippen molar-refractivity contribution in [1.29, 1.82) is 0 Å². The molecule has 0 amide bonds. The zero-order chi connectivity index (χ0) is 18.0. The van der Waals surface area contributed by atoms with Gasteiger partial charge in [0.25, 0.3) is 0 Å². The number of benzene rings is 2. The van der Waals surface area contributed by atoms with E-state index in [2.05, 4.69) is 4.72 Å². The molecule has 0 spiro atoms. The van der Waals surface area contributed by atoms with Gasteiger partial charge in [0.15, 0.2) is 0 Å². The van der Waals surface area contributed by atoms with Crippen LogP contribution in [0.5, 0.6) is 5.75 Å². The Hall–Kier alpha value is -2.12. The number of hydrogen-bond donors (Lipinski definition) is 1. The molecule has 2 aromatic rings. The van der Waals surface area contributed by atoms with Crippen LogP contribution in [0.3, 0.4) is 0 Å². The third kappa shape index (κ3) is 4.69. The van der Waals surface area contributed by atoms with Crippen LogP contribution in [0.25, 0.3) is 10.8 Å². The number of ether oxygens (including phenoxy) is 2. The van der Waals surface area contributed by atoms with E-state index in [0.29, 0.717) is 5.75 Å². The fraction of sp³-hybridized carbons (Fsp3) is 0.353. The molecule has 0 aliphatic heterocycles. The fourth-order valence-electron chi connectivity index (χ4n) is 2.11. The van der Waals surface area contributed by atoms with Crippen molar-refractivity contribution >= 4 is 26.8 Å². The third-order valence-corrected chi connectivity index (χ3v) is 4.55. The Labute approximate surface area is 141 Å². The van der Waals surface area contributed by atoms with Crippen molar-refractivity contribution in [3.05, 3.63) is 36.4 Å². The van der Waals surface area contributed by atoms with Crippen LogP contribution in [-0.2, 0) is 19.6 Å². The fourth-order valence-corrected chi connectivity index (χ4v) is 3.12. The SMILES string of the molecule is COc1ccc2ccc(S(=O)(=O)NCC(=O)OC(C)(C)C)cc2c1. The van der Waals surface area contributed by atoms with E-state index in [-0.39, 0.29) is 4.90 Å². The number of esters is 1. The highest BCUT2D eigenvalue weighted by Crippen LogP contribution is 2.23. The molecule has 6 nitrogen and oxygen atoms in total. The van der Waals surface area contributed by atoms with Crippen molar-refractivity contribution in [3.63, 3.8) is 0 Å². The molecule has 24 heavy (non-hydrogen) atoms. The van der Waals surface area contributed by atoms with Crippen LogP contribution in [-0.4, -0.2) is 33.6 Å². The summed E-state index contributed by atoms with van der Waals surface area (Å²) in [5, 5.41) is 1.62. The van der Waals surface area contributed by atoms with Crippen LogP contribution >= 0.6 is 0 Å². The standard InChI is InChI=1S/C17H21NO5S/c1-17(2,3)23-16(19)11-18-24(20,21)15-8-6-12-5-7-14(22-4)9-13(12)10-15/h5-10,18H,11H2,1-4H3. The summed E-state index contributed by atoms with van der Waals surface area (Å²) in [4.78, 5) is 11.7. The van der Waals surface area contributed by atoms with Gasteiger partial charge in [-0.1, -0.05) is 12.1 Å². The first-order valence-electron chi connectivity index (χ1n) is 7.40. The highest BCUT2D eigenvalue weighted by Gasteiger charge is 2.20. The van der Waals surface area contributed by atoms with Gasteiger partial charge >= 0.3 is 5.97 Å². The molecule has 0 saturated carbocycles. The Balaban J connectivity index is 2.19. The maximum absolute atomic E-state index is 12.4. The van der Waals surface area contributed by atoms with Crippen molar-refractivity contribution < 1.29 is 22.7 Å². The Bertz CT molecular complexity index is 853.